The molecule has 4 rings (SSSR count). The van der Waals surface area contributed by atoms with E-state index < -0.39 is 18.4 Å². The maximum absolute atomic E-state index is 12.8. The van der Waals surface area contributed by atoms with E-state index in [4.69, 9.17) is 4.52 Å². The van der Waals surface area contributed by atoms with Gasteiger partial charge in [-0.05, 0) is 42.7 Å². The molecule has 1 fully saturated rings. The van der Waals surface area contributed by atoms with Gasteiger partial charge in [-0.1, -0.05) is 29.4 Å². The second-order valence-corrected chi connectivity index (χ2v) is 7.22. The molecule has 10 heteroatoms. The first-order chi connectivity index (χ1) is 14.8. The highest BCUT2D eigenvalue weighted by molar-refractivity contribution is 5.63. The molecule has 0 aliphatic heterocycles. The summed E-state index contributed by atoms with van der Waals surface area (Å²) in [6.07, 6.45) is -2.45. The van der Waals surface area contributed by atoms with Crippen LogP contribution in [0.4, 0.5) is 22.0 Å². The molecule has 0 unspecified atom stereocenters. The molecule has 1 aliphatic rings. The number of para-hydroxylation sites is 1. The minimum absolute atomic E-state index is 0.0614. The number of benzene rings is 2. The van der Waals surface area contributed by atoms with E-state index in [9.17, 15) is 22.0 Å². The van der Waals surface area contributed by atoms with E-state index in [1.807, 2.05) is 4.90 Å². The van der Waals surface area contributed by atoms with Crippen molar-refractivity contribution in [1.82, 2.24) is 15.0 Å². The maximum atomic E-state index is 12.8. The SMILES string of the molecule is FC(F)Oc1ccccc1-c1noc(CN(Cc2ccc(C(F)(F)F)cc2)C2CC2)n1. The monoisotopic (exact) mass is 439 g/mol. The van der Waals surface area contributed by atoms with Crippen LogP contribution in [0.15, 0.2) is 53.1 Å². The summed E-state index contributed by atoms with van der Waals surface area (Å²) in [6, 6.07) is 11.4. The molecule has 0 amide bonds. The lowest BCUT2D eigenvalue weighted by molar-refractivity contribution is -0.137. The molecule has 2 aromatic carbocycles. The third-order valence-electron chi connectivity index (χ3n) is 4.88. The van der Waals surface area contributed by atoms with Gasteiger partial charge in [0.25, 0.3) is 0 Å². The van der Waals surface area contributed by atoms with E-state index in [1.165, 1.54) is 18.2 Å². The summed E-state index contributed by atoms with van der Waals surface area (Å²) in [7, 11) is 0. The Morgan fingerprint density at radius 2 is 1.74 bits per heavy atom. The van der Waals surface area contributed by atoms with Crippen molar-refractivity contribution in [2.75, 3.05) is 0 Å². The first-order valence-corrected chi connectivity index (χ1v) is 9.56. The minimum Gasteiger partial charge on any atom is -0.434 e. The lowest BCUT2D eigenvalue weighted by Gasteiger charge is -2.20. The predicted octanol–water partition coefficient (Wildman–Crippen LogP) is 5.52. The normalized spacial score (nSPS) is 14.4. The fourth-order valence-electron chi connectivity index (χ4n) is 3.24. The van der Waals surface area contributed by atoms with Crippen molar-refractivity contribution in [2.45, 2.75) is 44.8 Å². The highest BCUT2D eigenvalue weighted by Crippen LogP contribution is 2.33. The predicted molar refractivity (Wildman–Crippen MR) is 100 cm³/mol. The zero-order chi connectivity index (χ0) is 22.0. The average Bonchev–Trinajstić information content (AvgIpc) is 3.46. The molecule has 5 nitrogen and oxygen atoms in total. The van der Waals surface area contributed by atoms with Crippen molar-refractivity contribution in [3.63, 3.8) is 0 Å². The minimum atomic E-state index is -4.38. The topological polar surface area (TPSA) is 51.4 Å². The molecule has 164 valence electrons. The molecule has 0 spiro atoms. The Morgan fingerprint density at radius 3 is 2.39 bits per heavy atom. The van der Waals surface area contributed by atoms with E-state index in [1.54, 1.807) is 18.2 Å². The largest absolute Gasteiger partial charge is 0.434 e. The molecule has 3 aromatic rings. The van der Waals surface area contributed by atoms with Crippen LogP contribution in [-0.2, 0) is 19.3 Å². The van der Waals surface area contributed by atoms with Gasteiger partial charge >= 0.3 is 12.8 Å². The molecule has 1 aliphatic carbocycles. The first kappa shape index (κ1) is 21.2. The smallest absolute Gasteiger partial charge is 0.416 e. The summed E-state index contributed by atoms with van der Waals surface area (Å²) >= 11 is 0. The van der Waals surface area contributed by atoms with Gasteiger partial charge < -0.3 is 9.26 Å². The van der Waals surface area contributed by atoms with Crippen molar-refractivity contribution in [3.8, 4) is 17.1 Å². The number of hydrogen-bond donors (Lipinski definition) is 0. The Balaban J connectivity index is 1.48. The number of ether oxygens (including phenoxy) is 1. The lowest BCUT2D eigenvalue weighted by Crippen LogP contribution is -2.25. The molecule has 0 bridgehead atoms. The molecule has 1 heterocycles. The summed E-state index contributed by atoms with van der Waals surface area (Å²) in [6.45, 7) is -2.27. The van der Waals surface area contributed by atoms with Crippen LogP contribution >= 0.6 is 0 Å². The second-order valence-electron chi connectivity index (χ2n) is 7.22. The Hall–Kier alpha value is -3.01. The van der Waals surface area contributed by atoms with Crippen molar-refractivity contribution >= 4 is 0 Å². The molecular formula is C21H18F5N3O2. The molecular weight excluding hydrogens is 421 g/mol. The van der Waals surface area contributed by atoms with Crippen molar-refractivity contribution in [3.05, 3.63) is 65.5 Å². The van der Waals surface area contributed by atoms with Gasteiger partial charge in [0.2, 0.25) is 11.7 Å². The number of rotatable bonds is 8. The van der Waals surface area contributed by atoms with E-state index in [0.29, 0.717) is 6.54 Å². The molecule has 1 saturated carbocycles. The van der Waals surface area contributed by atoms with Crippen molar-refractivity contribution < 1.29 is 31.2 Å². The van der Waals surface area contributed by atoms with E-state index in [2.05, 4.69) is 14.9 Å². The molecule has 0 N–H and O–H groups in total. The highest BCUT2D eigenvalue weighted by Gasteiger charge is 2.32. The van der Waals surface area contributed by atoms with Gasteiger partial charge in [0.05, 0.1) is 17.7 Å². The van der Waals surface area contributed by atoms with Crippen LogP contribution in [-0.4, -0.2) is 27.7 Å². The molecule has 0 saturated heterocycles. The number of halogens is 5. The second kappa shape index (κ2) is 8.62. The van der Waals surface area contributed by atoms with Gasteiger partial charge in [-0.2, -0.15) is 26.9 Å². The number of alkyl halides is 5. The maximum Gasteiger partial charge on any atom is 0.416 e. The Kier molecular flexibility index (Phi) is 5.90. The number of aromatic nitrogens is 2. The van der Waals surface area contributed by atoms with Gasteiger partial charge in [-0.3, -0.25) is 4.90 Å². The van der Waals surface area contributed by atoms with E-state index in [0.717, 1.165) is 30.5 Å². The van der Waals surface area contributed by atoms with E-state index in [-0.39, 0.29) is 35.6 Å². The lowest BCUT2D eigenvalue weighted by atomic mass is 10.1. The van der Waals surface area contributed by atoms with Gasteiger partial charge in [0, 0.05) is 12.6 Å². The third-order valence-corrected chi connectivity index (χ3v) is 4.88. The number of hydrogen-bond acceptors (Lipinski definition) is 5. The molecule has 0 radical (unpaired) electrons. The Morgan fingerprint density at radius 1 is 1.03 bits per heavy atom. The van der Waals surface area contributed by atoms with Crippen LogP contribution < -0.4 is 4.74 Å². The van der Waals surface area contributed by atoms with Crippen LogP contribution in [0, 0.1) is 0 Å². The standard InChI is InChI=1S/C21H18F5N3O2/c22-20(23)30-17-4-2-1-3-16(17)19-27-18(31-28-19)12-29(15-9-10-15)11-13-5-7-14(8-6-13)21(24,25)26/h1-8,15,20H,9-12H2. The van der Waals surface area contributed by atoms with Gasteiger partial charge in [-0.25, -0.2) is 0 Å². The fourth-order valence-corrected chi connectivity index (χ4v) is 3.24. The summed E-state index contributed by atoms with van der Waals surface area (Å²) in [5.74, 6) is 0.339. The molecule has 31 heavy (non-hydrogen) atoms. The highest BCUT2D eigenvalue weighted by atomic mass is 19.4. The van der Waals surface area contributed by atoms with Crippen LogP contribution in [0.3, 0.4) is 0 Å². The van der Waals surface area contributed by atoms with E-state index >= 15 is 0 Å². The summed E-state index contributed by atoms with van der Waals surface area (Å²) in [4.78, 5) is 6.34. The Bertz CT molecular complexity index is 1020. The van der Waals surface area contributed by atoms with Gasteiger partial charge in [0.1, 0.15) is 5.75 Å². The van der Waals surface area contributed by atoms with Crippen LogP contribution in [0.1, 0.15) is 29.9 Å². The van der Waals surface area contributed by atoms with Crippen LogP contribution in [0.5, 0.6) is 5.75 Å². The molecule has 1 aromatic heterocycles. The average molecular weight is 439 g/mol. The summed E-state index contributed by atoms with van der Waals surface area (Å²) < 4.78 is 73.3. The quantitative estimate of drug-likeness (QED) is 0.433. The number of nitrogens with zero attached hydrogens (tertiary/aromatic N) is 3. The summed E-state index contributed by atoms with van der Waals surface area (Å²) in [5.41, 5.74) is 0.314. The zero-order valence-electron chi connectivity index (χ0n) is 16.1. The van der Waals surface area contributed by atoms with Crippen LogP contribution in [0.2, 0.25) is 0 Å². The first-order valence-electron chi connectivity index (χ1n) is 9.56. The van der Waals surface area contributed by atoms with Crippen molar-refractivity contribution in [2.24, 2.45) is 0 Å². The molecule has 0 atom stereocenters. The van der Waals surface area contributed by atoms with Gasteiger partial charge in [-0.15, -0.1) is 0 Å². The zero-order valence-corrected chi connectivity index (χ0v) is 16.1. The van der Waals surface area contributed by atoms with Gasteiger partial charge in [0.15, 0.2) is 0 Å². The Labute approximate surface area is 174 Å². The summed E-state index contributed by atoms with van der Waals surface area (Å²) in [5, 5.41) is 3.87. The van der Waals surface area contributed by atoms with Crippen molar-refractivity contribution in [1.29, 1.82) is 0 Å². The fraction of sp³-hybridized carbons (Fsp3) is 0.333. The third kappa shape index (κ3) is 5.38. The van der Waals surface area contributed by atoms with Crippen LogP contribution in [0.25, 0.3) is 11.4 Å².